The van der Waals surface area contributed by atoms with Gasteiger partial charge in [0.05, 0.1) is 33.8 Å². The van der Waals surface area contributed by atoms with Crippen molar-refractivity contribution >= 4 is 63.8 Å². The summed E-state index contributed by atoms with van der Waals surface area (Å²) < 4.78 is 1.84. The summed E-state index contributed by atoms with van der Waals surface area (Å²) >= 11 is 13.5. The standard InChI is InChI=1S/C30H29Cl2N7O2S/c1-4-16-39-28(27(19(2)3)34-29(41)24-15-10-20(31)17-25(24)32)37-38-30(39)42-18-26(40)33-21-11-13-23(14-12-21)36-35-22-8-6-5-7-9-22/h4-15,17,19,27H,1,16,18H2,2-3H3,(H,33,40)(H,34,41)/t27-/m0/s1. The topological polar surface area (TPSA) is 114 Å². The molecular formula is C30H29Cl2N7O2S. The lowest BCUT2D eigenvalue weighted by atomic mass is 10.0. The third-order valence-corrected chi connectivity index (χ3v) is 7.50. The summed E-state index contributed by atoms with van der Waals surface area (Å²) in [6.45, 7) is 8.17. The monoisotopic (exact) mass is 621 g/mol. The van der Waals surface area contributed by atoms with Crippen molar-refractivity contribution in [2.45, 2.75) is 31.6 Å². The summed E-state index contributed by atoms with van der Waals surface area (Å²) in [5.74, 6) is 0.0591. The van der Waals surface area contributed by atoms with Crippen molar-refractivity contribution in [3.8, 4) is 0 Å². The minimum Gasteiger partial charge on any atom is -0.342 e. The molecule has 0 aliphatic heterocycles. The van der Waals surface area contributed by atoms with E-state index < -0.39 is 6.04 Å². The lowest BCUT2D eigenvalue weighted by molar-refractivity contribution is -0.113. The first kappa shape index (κ1) is 31.0. The lowest BCUT2D eigenvalue weighted by Crippen LogP contribution is -2.34. The van der Waals surface area contributed by atoms with Crippen molar-refractivity contribution in [2.75, 3.05) is 11.1 Å². The minimum atomic E-state index is -0.475. The first-order chi connectivity index (χ1) is 20.2. The summed E-state index contributed by atoms with van der Waals surface area (Å²) in [6, 6.07) is 20.8. The van der Waals surface area contributed by atoms with Gasteiger partial charge in [-0.1, -0.05) is 73.1 Å². The molecule has 0 spiro atoms. The Morgan fingerprint density at radius 2 is 1.69 bits per heavy atom. The van der Waals surface area contributed by atoms with E-state index in [4.69, 9.17) is 23.2 Å². The maximum Gasteiger partial charge on any atom is 0.253 e. The van der Waals surface area contributed by atoms with Crippen LogP contribution < -0.4 is 10.6 Å². The number of hydrogen-bond acceptors (Lipinski definition) is 7. The summed E-state index contributed by atoms with van der Waals surface area (Å²) in [5, 5.41) is 24.2. The second-order valence-electron chi connectivity index (χ2n) is 9.48. The average Bonchev–Trinajstić information content (AvgIpc) is 3.36. The molecular weight excluding hydrogens is 593 g/mol. The Balaban J connectivity index is 1.40. The molecule has 3 aromatic carbocycles. The van der Waals surface area contributed by atoms with E-state index >= 15 is 0 Å². The molecule has 0 aliphatic carbocycles. The van der Waals surface area contributed by atoms with Gasteiger partial charge in [0.1, 0.15) is 0 Å². The predicted molar refractivity (Wildman–Crippen MR) is 168 cm³/mol. The highest BCUT2D eigenvalue weighted by Gasteiger charge is 2.27. The van der Waals surface area contributed by atoms with Gasteiger partial charge < -0.3 is 15.2 Å². The van der Waals surface area contributed by atoms with Crippen LogP contribution in [0.1, 0.15) is 36.1 Å². The Hall–Kier alpha value is -3.99. The molecule has 1 heterocycles. The number of azo groups is 1. The zero-order valence-electron chi connectivity index (χ0n) is 23.0. The van der Waals surface area contributed by atoms with Crippen molar-refractivity contribution in [1.82, 2.24) is 20.1 Å². The van der Waals surface area contributed by atoms with E-state index in [-0.39, 0.29) is 28.5 Å². The Morgan fingerprint density at radius 1 is 1.00 bits per heavy atom. The van der Waals surface area contributed by atoms with Gasteiger partial charge >= 0.3 is 0 Å². The number of allylic oxidation sites excluding steroid dienone is 1. The van der Waals surface area contributed by atoms with Gasteiger partial charge in [-0.3, -0.25) is 9.59 Å². The van der Waals surface area contributed by atoms with Gasteiger partial charge in [-0.25, -0.2) is 0 Å². The van der Waals surface area contributed by atoms with Gasteiger partial charge in [-0.15, -0.1) is 16.8 Å². The molecule has 0 radical (unpaired) electrons. The summed E-state index contributed by atoms with van der Waals surface area (Å²) in [6.07, 6.45) is 1.71. The first-order valence-corrected chi connectivity index (χ1v) is 14.8. The summed E-state index contributed by atoms with van der Waals surface area (Å²) in [4.78, 5) is 25.8. The van der Waals surface area contributed by atoms with Crippen LogP contribution in [0.3, 0.4) is 0 Å². The van der Waals surface area contributed by atoms with Crippen molar-refractivity contribution < 1.29 is 9.59 Å². The molecule has 42 heavy (non-hydrogen) atoms. The zero-order valence-corrected chi connectivity index (χ0v) is 25.3. The van der Waals surface area contributed by atoms with Gasteiger partial charge in [0.2, 0.25) is 5.91 Å². The third-order valence-electron chi connectivity index (χ3n) is 5.98. The van der Waals surface area contributed by atoms with E-state index in [1.807, 2.05) is 48.7 Å². The van der Waals surface area contributed by atoms with Crippen LogP contribution in [0, 0.1) is 5.92 Å². The number of anilines is 1. The van der Waals surface area contributed by atoms with Crippen molar-refractivity contribution in [1.29, 1.82) is 0 Å². The minimum absolute atomic E-state index is 0.0239. The highest BCUT2D eigenvalue weighted by molar-refractivity contribution is 7.99. The third kappa shape index (κ3) is 8.28. The molecule has 1 aromatic heterocycles. The second-order valence-corrected chi connectivity index (χ2v) is 11.3. The zero-order chi connectivity index (χ0) is 30.1. The molecule has 216 valence electrons. The van der Waals surface area contributed by atoms with Crippen LogP contribution in [0.5, 0.6) is 0 Å². The summed E-state index contributed by atoms with van der Waals surface area (Å²) in [7, 11) is 0. The normalized spacial score (nSPS) is 11.9. The lowest BCUT2D eigenvalue weighted by Gasteiger charge is -2.23. The van der Waals surface area contributed by atoms with Crippen molar-refractivity contribution in [3.05, 3.63) is 107 Å². The van der Waals surface area contributed by atoms with Crippen molar-refractivity contribution in [2.24, 2.45) is 16.1 Å². The second kappa shape index (κ2) is 14.8. The molecule has 4 rings (SSSR count). The Labute approximate surface area is 258 Å². The molecule has 2 amide bonds. The van der Waals surface area contributed by atoms with E-state index in [0.717, 1.165) is 5.69 Å². The van der Waals surface area contributed by atoms with E-state index in [0.29, 0.717) is 39.5 Å². The van der Waals surface area contributed by atoms with Crippen LogP contribution in [-0.2, 0) is 11.3 Å². The molecule has 12 heteroatoms. The Bertz CT molecular complexity index is 1570. The summed E-state index contributed by atoms with van der Waals surface area (Å²) in [5.41, 5.74) is 2.37. The molecule has 0 aliphatic rings. The number of carbonyl (C=O) groups excluding carboxylic acids is 2. The SMILES string of the molecule is C=CCn1c(SCC(=O)Nc2ccc(N=Nc3ccccc3)cc2)nnc1[C@@H](NC(=O)c1ccc(Cl)cc1Cl)C(C)C. The van der Waals surface area contributed by atoms with Crippen LogP contribution in [0.4, 0.5) is 17.1 Å². The molecule has 0 saturated carbocycles. The number of aromatic nitrogens is 3. The van der Waals surface area contributed by atoms with E-state index in [2.05, 4.69) is 37.6 Å². The highest BCUT2D eigenvalue weighted by Crippen LogP contribution is 2.28. The number of thioether (sulfide) groups is 1. The maximum atomic E-state index is 13.1. The molecule has 0 unspecified atom stereocenters. The number of hydrogen-bond donors (Lipinski definition) is 2. The molecule has 0 fully saturated rings. The number of carbonyl (C=O) groups is 2. The fourth-order valence-electron chi connectivity index (χ4n) is 3.91. The number of benzene rings is 3. The van der Waals surface area contributed by atoms with Crippen LogP contribution in [0.2, 0.25) is 10.0 Å². The molecule has 0 bridgehead atoms. The van der Waals surface area contributed by atoms with Gasteiger partial charge in [-0.2, -0.15) is 10.2 Å². The van der Waals surface area contributed by atoms with Gasteiger partial charge in [0, 0.05) is 17.3 Å². The van der Waals surface area contributed by atoms with E-state index in [1.165, 1.54) is 17.8 Å². The largest absolute Gasteiger partial charge is 0.342 e. The van der Waals surface area contributed by atoms with Gasteiger partial charge in [0.25, 0.3) is 5.91 Å². The van der Waals surface area contributed by atoms with Gasteiger partial charge in [-0.05, 0) is 60.5 Å². The van der Waals surface area contributed by atoms with E-state index in [9.17, 15) is 9.59 Å². The molecule has 1 atom stereocenters. The number of nitrogens with zero attached hydrogens (tertiary/aromatic N) is 5. The van der Waals surface area contributed by atoms with Crippen LogP contribution in [0.15, 0.2) is 101 Å². The maximum absolute atomic E-state index is 13.1. The predicted octanol–water partition coefficient (Wildman–Crippen LogP) is 8.04. The number of amides is 2. The van der Waals surface area contributed by atoms with Crippen LogP contribution >= 0.6 is 35.0 Å². The Kier molecular flexibility index (Phi) is 10.9. The van der Waals surface area contributed by atoms with E-state index in [1.54, 1.807) is 42.5 Å². The quantitative estimate of drug-likeness (QED) is 0.0943. The van der Waals surface area contributed by atoms with Crippen LogP contribution in [-0.4, -0.2) is 32.3 Å². The molecule has 0 saturated heterocycles. The first-order valence-electron chi connectivity index (χ1n) is 13.0. The fourth-order valence-corrected chi connectivity index (χ4v) is 5.16. The van der Waals surface area contributed by atoms with Gasteiger partial charge in [0.15, 0.2) is 11.0 Å². The Morgan fingerprint density at radius 3 is 2.33 bits per heavy atom. The fraction of sp³-hybridized carbons (Fsp3) is 0.200. The number of halogens is 2. The average molecular weight is 623 g/mol. The smallest absolute Gasteiger partial charge is 0.253 e. The van der Waals surface area contributed by atoms with Crippen molar-refractivity contribution in [3.63, 3.8) is 0 Å². The van der Waals surface area contributed by atoms with Crippen LogP contribution in [0.25, 0.3) is 0 Å². The molecule has 2 N–H and O–H groups in total. The molecule has 4 aromatic rings. The highest BCUT2D eigenvalue weighted by atomic mass is 35.5. The number of nitrogens with one attached hydrogen (secondary N) is 2. The number of rotatable bonds is 12. The molecule has 9 nitrogen and oxygen atoms in total.